The van der Waals surface area contributed by atoms with Gasteiger partial charge in [0.1, 0.15) is 0 Å². The molecule has 1 heterocycles. The number of aryl methyl sites for hydroxylation is 2. The molecule has 1 aromatic carbocycles. The number of benzene rings is 1. The number of hydrogen-bond acceptors (Lipinski definition) is 2. The van der Waals surface area contributed by atoms with Crippen LogP contribution in [0.4, 0.5) is 0 Å². The van der Waals surface area contributed by atoms with Crippen molar-refractivity contribution < 1.29 is 0 Å². The monoisotopic (exact) mass is 475 g/mol. The van der Waals surface area contributed by atoms with E-state index in [-0.39, 0.29) is 24.0 Å². The van der Waals surface area contributed by atoms with Crippen molar-refractivity contribution in [1.82, 2.24) is 20.4 Å². The molecule has 2 rings (SSSR count). The number of aliphatic imine (C=N–C) groups is 1. The number of nitrogens with zero attached hydrogens (tertiary/aromatic N) is 3. The van der Waals surface area contributed by atoms with E-state index in [2.05, 4.69) is 46.7 Å². The maximum Gasteiger partial charge on any atom is 0.191 e. The Labute approximate surface area is 172 Å². The third-order valence-corrected chi connectivity index (χ3v) is 4.27. The highest BCUT2D eigenvalue weighted by Gasteiger charge is 2.08. The summed E-state index contributed by atoms with van der Waals surface area (Å²) in [6.07, 6.45) is 0.923. The molecule has 0 aliphatic heterocycles. The average molecular weight is 476 g/mol. The van der Waals surface area contributed by atoms with Crippen molar-refractivity contribution in [2.24, 2.45) is 12.0 Å². The Kier molecular flexibility index (Phi) is 9.27. The van der Waals surface area contributed by atoms with Crippen LogP contribution in [-0.2, 0) is 20.0 Å². The Hall–Kier alpha value is -1.28. The highest BCUT2D eigenvalue weighted by atomic mass is 127. The highest BCUT2D eigenvalue weighted by Crippen LogP contribution is 2.13. The lowest BCUT2D eigenvalue weighted by Crippen LogP contribution is -2.38. The minimum Gasteiger partial charge on any atom is -0.357 e. The zero-order valence-electron chi connectivity index (χ0n) is 15.3. The molecule has 0 saturated heterocycles. The molecule has 0 fully saturated rings. The average Bonchev–Trinajstić information content (AvgIpc) is 2.80. The SMILES string of the molecule is CCNC(=NCc1c(C)nn(C)c1C)NCCc1ccc(Cl)cc1.I. The molecule has 0 radical (unpaired) electrons. The Morgan fingerprint density at radius 2 is 1.88 bits per heavy atom. The molecule has 0 atom stereocenters. The largest absolute Gasteiger partial charge is 0.357 e. The fraction of sp³-hybridized carbons (Fsp3) is 0.444. The Morgan fingerprint density at radius 3 is 2.44 bits per heavy atom. The van der Waals surface area contributed by atoms with Gasteiger partial charge in [0.05, 0.1) is 12.2 Å². The first-order valence-corrected chi connectivity index (χ1v) is 8.64. The third-order valence-electron chi connectivity index (χ3n) is 4.02. The second-order valence-corrected chi connectivity index (χ2v) is 6.21. The first-order valence-electron chi connectivity index (χ1n) is 8.27. The fourth-order valence-electron chi connectivity index (χ4n) is 2.52. The van der Waals surface area contributed by atoms with Crippen molar-refractivity contribution in [1.29, 1.82) is 0 Å². The molecule has 2 aromatic rings. The molecule has 0 amide bonds. The van der Waals surface area contributed by atoms with E-state index < -0.39 is 0 Å². The van der Waals surface area contributed by atoms with Crippen LogP contribution in [0.5, 0.6) is 0 Å². The summed E-state index contributed by atoms with van der Waals surface area (Å²) in [5.41, 5.74) is 4.64. The molecule has 25 heavy (non-hydrogen) atoms. The summed E-state index contributed by atoms with van der Waals surface area (Å²) in [6.45, 7) is 8.44. The third kappa shape index (κ3) is 6.51. The van der Waals surface area contributed by atoms with E-state index in [0.29, 0.717) is 6.54 Å². The van der Waals surface area contributed by atoms with Gasteiger partial charge in [-0.25, -0.2) is 4.99 Å². The Balaban J connectivity index is 0.00000312. The summed E-state index contributed by atoms with van der Waals surface area (Å²) in [5.74, 6) is 0.828. The minimum absolute atomic E-state index is 0. The van der Waals surface area contributed by atoms with Crippen molar-refractivity contribution in [3.8, 4) is 0 Å². The Bertz CT molecular complexity index is 694. The van der Waals surface area contributed by atoms with Gasteiger partial charge in [-0.15, -0.1) is 24.0 Å². The second kappa shape index (κ2) is 10.7. The van der Waals surface area contributed by atoms with Gasteiger partial charge in [-0.3, -0.25) is 4.68 Å². The van der Waals surface area contributed by atoms with Crippen LogP contribution in [-0.4, -0.2) is 28.8 Å². The van der Waals surface area contributed by atoms with Crippen molar-refractivity contribution in [2.75, 3.05) is 13.1 Å². The zero-order valence-corrected chi connectivity index (χ0v) is 18.4. The lowest BCUT2D eigenvalue weighted by molar-refractivity contribution is 0.730. The van der Waals surface area contributed by atoms with Crippen molar-refractivity contribution in [3.05, 3.63) is 51.8 Å². The molecule has 5 nitrogen and oxygen atoms in total. The van der Waals surface area contributed by atoms with Crippen LogP contribution < -0.4 is 10.6 Å². The predicted octanol–water partition coefficient (Wildman–Crippen LogP) is 3.61. The molecule has 7 heteroatoms. The second-order valence-electron chi connectivity index (χ2n) is 5.77. The van der Waals surface area contributed by atoms with Crippen LogP contribution in [0.1, 0.15) is 29.4 Å². The van der Waals surface area contributed by atoms with Crippen molar-refractivity contribution in [2.45, 2.75) is 33.7 Å². The van der Waals surface area contributed by atoms with Gasteiger partial charge in [0.25, 0.3) is 0 Å². The standard InChI is InChI=1S/C18H26ClN5.HI/c1-5-20-18(21-11-10-15-6-8-16(19)9-7-15)22-12-17-13(2)23-24(4)14(17)3;/h6-9H,5,10-12H2,1-4H3,(H2,20,21,22);1H. The van der Waals surface area contributed by atoms with Crippen LogP contribution >= 0.6 is 35.6 Å². The molecule has 2 N–H and O–H groups in total. The smallest absolute Gasteiger partial charge is 0.191 e. The van der Waals surface area contributed by atoms with E-state index >= 15 is 0 Å². The molecule has 138 valence electrons. The fourth-order valence-corrected chi connectivity index (χ4v) is 2.65. The van der Waals surface area contributed by atoms with Crippen LogP contribution in [0.2, 0.25) is 5.02 Å². The molecular formula is C18H27ClIN5. The van der Waals surface area contributed by atoms with Crippen LogP contribution in [0.3, 0.4) is 0 Å². The van der Waals surface area contributed by atoms with Gasteiger partial charge in [0.15, 0.2) is 5.96 Å². The van der Waals surface area contributed by atoms with Gasteiger partial charge in [-0.2, -0.15) is 5.10 Å². The van der Waals surface area contributed by atoms with E-state index in [1.54, 1.807) is 0 Å². The molecule has 0 aliphatic rings. The van der Waals surface area contributed by atoms with E-state index in [1.165, 1.54) is 11.1 Å². The van der Waals surface area contributed by atoms with E-state index in [4.69, 9.17) is 11.6 Å². The van der Waals surface area contributed by atoms with Gasteiger partial charge >= 0.3 is 0 Å². The summed E-state index contributed by atoms with van der Waals surface area (Å²) in [4.78, 5) is 4.68. The van der Waals surface area contributed by atoms with E-state index in [1.807, 2.05) is 30.8 Å². The quantitative estimate of drug-likeness (QED) is 0.381. The van der Waals surface area contributed by atoms with Gasteiger partial charge in [-0.05, 0) is 44.9 Å². The number of halogens is 2. The molecule has 0 bridgehead atoms. The van der Waals surface area contributed by atoms with Crippen LogP contribution in [0, 0.1) is 13.8 Å². The molecule has 0 unspecified atom stereocenters. The van der Waals surface area contributed by atoms with E-state index in [0.717, 1.165) is 41.9 Å². The first kappa shape index (κ1) is 21.8. The molecule has 0 spiro atoms. The number of nitrogens with one attached hydrogen (secondary N) is 2. The first-order chi connectivity index (χ1) is 11.5. The molecule has 1 aromatic heterocycles. The molecule has 0 aliphatic carbocycles. The normalized spacial score (nSPS) is 11.2. The van der Waals surface area contributed by atoms with Crippen molar-refractivity contribution >= 4 is 41.5 Å². The zero-order chi connectivity index (χ0) is 17.5. The van der Waals surface area contributed by atoms with Gasteiger partial charge in [-0.1, -0.05) is 23.7 Å². The summed E-state index contributed by atoms with van der Waals surface area (Å²) in [5, 5.41) is 11.9. The summed E-state index contributed by atoms with van der Waals surface area (Å²) < 4.78 is 1.90. The minimum atomic E-state index is 0. The number of hydrogen-bond donors (Lipinski definition) is 2. The maximum absolute atomic E-state index is 5.91. The summed E-state index contributed by atoms with van der Waals surface area (Å²) >= 11 is 5.91. The molecular weight excluding hydrogens is 449 g/mol. The predicted molar refractivity (Wildman–Crippen MR) is 116 cm³/mol. The summed E-state index contributed by atoms with van der Waals surface area (Å²) in [7, 11) is 1.96. The van der Waals surface area contributed by atoms with E-state index in [9.17, 15) is 0 Å². The topological polar surface area (TPSA) is 54.2 Å². The van der Waals surface area contributed by atoms with Gasteiger partial charge in [0.2, 0.25) is 0 Å². The summed E-state index contributed by atoms with van der Waals surface area (Å²) in [6, 6.07) is 7.95. The number of guanidine groups is 1. The van der Waals surface area contributed by atoms with Crippen LogP contribution in [0.25, 0.3) is 0 Å². The number of rotatable bonds is 6. The van der Waals surface area contributed by atoms with Crippen molar-refractivity contribution in [3.63, 3.8) is 0 Å². The number of aromatic nitrogens is 2. The lowest BCUT2D eigenvalue weighted by atomic mass is 10.1. The van der Waals surface area contributed by atoms with Gasteiger partial charge < -0.3 is 10.6 Å². The lowest BCUT2D eigenvalue weighted by Gasteiger charge is -2.11. The maximum atomic E-state index is 5.91. The highest BCUT2D eigenvalue weighted by molar-refractivity contribution is 14.0. The molecule has 0 saturated carbocycles. The van der Waals surface area contributed by atoms with Crippen LogP contribution in [0.15, 0.2) is 29.3 Å². The Morgan fingerprint density at radius 1 is 1.20 bits per heavy atom. The van der Waals surface area contributed by atoms with Gasteiger partial charge in [0, 0.05) is 36.4 Å².